The van der Waals surface area contributed by atoms with Crippen LogP contribution in [0.4, 0.5) is 5.69 Å². The lowest BCUT2D eigenvalue weighted by Gasteiger charge is -2.06. The predicted octanol–water partition coefficient (Wildman–Crippen LogP) is 4.78. The summed E-state index contributed by atoms with van der Waals surface area (Å²) in [5.74, 6) is -0.370. The second kappa shape index (κ2) is 7.27. The molecule has 0 amide bonds. The van der Waals surface area contributed by atoms with Crippen molar-refractivity contribution in [2.75, 3.05) is 7.11 Å². The van der Waals surface area contributed by atoms with Gasteiger partial charge in [0, 0.05) is 16.4 Å². The molecule has 120 valence electrons. The van der Waals surface area contributed by atoms with E-state index in [9.17, 15) is 4.79 Å². The molecule has 0 aliphatic heterocycles. The Kier molecular flexibility index (Phi) is 4.91. The molecule has 0 spiro atoms. The number of hydrogen-bond donors (Lipinski definition) is 0. The number of aromatic nitrogens is 1. The number of esters is 1. The molecule has 2 aromatic carbocycles. The summed E-state index contributed by atoms with van der Waals surface area (Å²) >= 11 is 3.44. The third kappa shape index (κ3) is 3.63. The molecule has 0 aliphatic carbocycles. The van der Waals surface area contributed by atoms with Crippen LogP contribution >= 0.6 is 15.9 Å². The number of carbonyl (C=O) groups excluding carboxylic acids is 1. The lowest BCUT2D eigenvalue weighted by Crippen LogP contribution is -2.00. The number of carbonyl (C=O) groups is 1. The van der Waals surface area contributed by atoms with Crippen molar-refractivity contribution in [1.29, 1.82) is 0 Å². The first-order chi connectivity index (χ1) is 11.7. The maximum Gasteiger partial charge on any atom is 0.337 e. The van der Waals surface area contributed by atoms with E-state index in [-0.39, 0.29) is 5.97 Å². The van der Waals surface area contributed by atoms with Crippen LogP contribution in [-0.2, 0) is 4.74 Å². The second-order valence-electron chi connectivity index (χ2n) is 5.08. The van der Waals surface area contributed by atoms with Gasteiger partial charge in [-0.2, -0.15) is 0 Å². The van der Waals surface area contributed by atoms with Gasteiger partial charge in [0.25, 0.3) is 0 Å². The summed E-state index contributed by atoms with van der Waals surface area (Å²) in [6.07, 6.45) is 3.76. The summed E-state index contributed by atoms with van der Waals surface area (Å²) in [6.45, 7) is 0. The van der Waals surface area contributed by atoms with Gasteiger partial charge in [0.1, 0.15) is 0 Å². The largest absolute Gasteiger partial charge is 0.465 e. The topological polar surface area (TPSA) is 43.6 Å². The van der Waals surface area contributed by atoms with Gasteiger partial charge in [0.2, 0.25) is 0 Å². The molecule has 3 aromatic rings. The summed E-state index contributed by atoms with van der Waals surface area (Å²) in [6, 6.07) is 19.0. The fourth-order valence-corrected chi connectivity index (χ4v) is 2.57. The molecule has 0 N–H and O–H groups in total. The van der Waals surface area contributed by atoms with Gasteiger partial charge >= 0.3 is 5.97 Å². The van der Waals surface area contributed by atoms with Crippen molar-refractivity contribution >= 4 is 33.8 Å². The lowest BCUT2D eigenvalue weighted by atomic mass is 10.2. The number of methoxy groups -OCH3 is 1. The standard InChI is InChI=1S/C19H15BrN2O2/c1-24-19(23)14-4-2-5-16(12-14)21-13-18-6-3-11-22(18)17-9-7-15(20)8-10-17/h2-13H,1H3. The van der Waals surface area contributed by atoms with Gasteiger partial charge < -0.3 is 9.30 Å². The van der Waals surface area contributed by atoms with Crippen LogP contribution in [0.3, 0.4) is 0 Å². The number of aliphatic imine (C=N–C) groups is 1. The molecule has 0 unspecified atom stereocenters. The van der Waals surface area contributed by atoms with Gasteiger partial charge in [-0.25, -0.2) is 4.79 Å². The Morgan fingerprint density at radius 1 is 1.12 bits per heavy atom. The molecule has 5 heteroatoms. The van der Waals surface area contributed by atoms with E-state index < -0.39 is 0 Å². The highest BCUT2D eigenvalue weighted by Gasteiger charge is 2.05. The van der Waals surface area contributed by atoms with E-state index in [2.05, 4.69) is 20.9 Å². The van der Waals surface area contributed by atoms with Gasteiger partial charge in [0.15, 0.2) is 0 Å². The molecule has 0 bridgehead atoms. The van der Waals surface area contributed by atoms with E-state index >= 15 is 0 Å². The monoisotopic (exact) mass is 382 g/mol. The average molecular weight is 383 g/mol. The number of rotatable bonds is 4. The summed E-state index contributed by atoms with van der Waals surface area (Å²) in [5, 5.41) is 0. The van der Waals surface area contributed by atoms with Crippen molar-refractivity contribution in [3.63, 3.8) is 0 Å². The van der Waals surface area contributed by atoms with Crippen LogP contribution in [0.15, 0.2) is 76.3 Å². The zero-order valence-electron chi connectivity index (χ0n) is 13.0. The van der Waals surface area contributed by atoms with E-state index in [4.69, 9.17) is 4.74 Å². The van der Waals surface area contributed by atoms with Crippen molar-refractivity contribution in [1.82, 2.24) is 4.57 Å². The van der Waals surface area contributed by atoms with Gasteiger partial charge in [-0.15, -0.1) is 0 Å². The molecule has 0 radical (unpaired) electrons. The highest BCUT2D eigenvalue weighted by Crippen LogP contribution is 2.18. The first kappa shape index (κ1) is 16.2. The summed E-state index contributed by atoms with van der Waals surface area (Å²) < 4.78 is 7.81. The van der Waals surface area contributed by atoms with Crippen molar-refractivity contribution in [3.05, 3.63) is 82.6 Å². The van der Waals surface area contributed by atoms with E-state index in [0.29, 0.717) is 11.3 Å². The molecule has 0 aliphatic rings. The van der Waals surface area contributed by atoms with Crippen LogP contribution in [0.25, 0.3) is 5.69 Å². The molecule has 1 heterocycles. The third-order valence-corrected chi connectivity index (χ3v) is 4.03. The first-order valence-electron chi connectivity index (χ1n) is 7.33. The van der Waals surface area contributed by atoms with E-state index in [0.717, 1.165) is 15.9 Å². The molecule has 0 fully saturated rings. The molecular weight excluding hydrogens is 368 g/mol. The predicted molar refractivity (Wildman–Crippen MR) is 98.5 cm³/mol. The Labute approximate surface area is 148 Å². The van der Waals surface area contributed by atoms with Crippen molar-refractivity contribution < 1.29 is 9.53 Å². The van der Waals surface area contributed by atoms with Crippen LogP contribution in [0.5, 0.6) is 0 Å². The van der Waals surface area contributed by atoms with Gasteiger partial charge in [-0.05, 0) is 54.6 Å². The highest BCUT2D eigenvalue weighted by atomic mass is 79.9. The van der Waals surface area contributed by atoms with Crippen LogP contribution in [0, 0.1) is 0 Å². The van der Waals surface area contributed by atoms with E-state index in [1.807, 2.05) is 53.2 Å². The molecule has 24 heavy (non-hydrogen) atoms. The van der Waals surface area contributed by atoms with Gasteiger partial charge in [-0.1, -0.05) is 22.0 Å². The van der Waals surface area contributed by atoms with Gasteiger partial charge in [0.05, 0.1) is 30.3 Å². The fraction of sp³-hybridized carbons (Fsp3) is 0.0526. The van der Waals surface area contributed by atoms with Crippen LogP contribution in [0.1, 0.15) is 16.1 Å². The number of nitrogens with zero attached hydrogens (tertiary/aromatic N) is 2. The zero-order chi connectivity index (χ0) is 16.9. The summed E-state index contributed by atoms with van der Waals surface area (Å²) in [5.41, 5.74) is 3.17. The first-order valence-corrected chi connectivity index (χ1v) is 8.12. The summed E-state index contributed by atoms with van der Waals surface area (Å²) in [7, 11) is 1.36. The zero-order valence-corrected chi connectivity index (χ0v) is 14.6. The quantitative estimate of drug-likeness (QED) is 0.481. The second-order valence-corrected chi connectivity index (χ2v) is 6.00. The number of halogens is 1. The van der Waals surface area contributed by atoms with E-state index in [1.165, 1.54) is 7.11 Å². The Morgan fingerprint density at radius 3 is 2.67 bits per heavy atom. The third-order valence-electron chi connectivity index (χ3n) is 3.50. The molecule has 1 aromatic heterocycles. The minimum atomic E-state index is -0.370. The van der Waals surface area contributed by atoms with Crippen molar-refractivity contribution in [2.45, 2.75) is 0 Å². The molecular formula is C19H15BrN2O2. The van der Waals surface area contributed by atoms with Crippen molar-refractivity contribution in [3.8, 4) is 5.69 Å². The van der Waals surface area contributed by atoms with Crippen LogP contribution in [0.2, 0.25) is 0 Å². The Bertz CT molecular complexity index is 882. The minimum absolute atomic E-state index is 0.370. The molecule has 3 rings (SSSR count). The van der Waals surface area contributed by atoms with E-state index in [1.54, 1.807) is 24.4 Å². The average Bonchev–Trinajstić information content (AvgIpc) is 3.08. The minimum Gasteiger partial charge on any atom is -0.465 e. The Morgan fingerprint density at radius 2 is 1.92 bits per heavy atom. The molecule has 0 saturated heterocycles. The number of benzene rings is 2. The smallest absolute Gasteiger partial charge is 0.337 e. The van der Waals surface area contributed by atoms with Gasteiger partial charge in [-0.3, -0.25) is 4.99 Å². The molecule has 4 nitrogen and oxygen atoms in total. The fourth-order valence-electron chi connectivity index (χ4n) is 2.31. The lowest BCUT2D eigenvalue weighted by molar-refractivity contribution is 0.0601. The number of ether oxygens (including phenoxy) is 1. The maximum atomic E-state index is 11.6. The normalized spacial score (nSPS) is 10.9. The van der Waals surface area contributed by atoms with Crippen LogP contribution in [-0.4, -0.2) is 23.9 Å². The maximum absolute atomic E-state index is 11.6. The number of hydrogen-bond acceptors (Lipinski definition) is 3. The van der Waals surface area contributed by atoms with Crippen molar-refractivity contribution in [2.24, 2.45) is 4.99 Å². The Hall–Kier alpha value is -2.66. The molecule has 0 saturated carbocycles. The molecule has 0 atom stereocenters. The Balaban J connectivity index is 1.87. The van der Waals surface area contributed by atoms with Crippen LogP contribution < -0.4 is 0 Å². The highest BCUT2D eigenvalue weighted by molar-refractivity contribution is 9.10. The summed E-state index contributed by atoms with van der Waals surface area (Å²) in [4.78, 5) is 16.1. The SMILES string of the molecule is COC(=O)c1cccc(N=Cc2cccn2-c2ccc(Br)cc2)c1.